The Labute approximate surface area is 117 Å². The van der Waals surface area contributed by atoms with Crippen molar-refractivity contribution in [3.8, 4) is 0 Å². The summed E-state index contributed by atoms with van der Waals surface area (Å²) < 4.78 is 26.7. The molecule has 4 nitrogen and oxygen atoms in total. The molecule has 19 heavy (non-hydrogen) atoms. The molecule has 0 bridgehead atoms. The third-order valence-electron chi connectivity index (χ3n) is 2.64. The molecule has 2 aromatic rings. The first-order chi connectivity index (χ1) is 9.08. The average Bonchev–Trinajstić information content (AvgIpc) is 2.84. The molecular weight excluding hydrogens is 280 g/mol. The van der Waals surface area contributed by atoms with Crippen LogP contribution in [0, 0.1) is 0 Å². The SMILES string of the molecule is Nc1csc(S(=O)(=O)NCCCc2ccccc2)c1. The lowest BCUT2D eigenvalue weighted by atomic mass is 10.1. The Morgan fingerprint density at radius 2 is 1.95 bits per heavy atom. The average molecular weight is 296 g/mol. The molecular formula is C13H16N2O2S2. The van der Waals surface area contributed by atoms with Crippen LogP contribution in [0.2, 0.25) is 0 Å². The highest BCUT2D eigenvalue weighted by Gasteiger charge is 2.15. The van der Waals surface area contributed by atoms with Crippen molar-refractivity contribution in [2.45, 2.75) is 17.1 Å². The van der Waals surface area contributed by atoms with Crippen molar-refractivity contribution < 1.29 is 8.42 Å². The number of sulfonamides is 1. The Kier molecular flexibility index (Phi) is 4.57. The molecule has 6 heteroatoms. The number of aryl methyl sites for hydroxylation is 1. The summed E-state index contributed by atoms with van der Waals surface area (Å²) in [5.41, 5.74) is 7.22. The van der Waals surface area contributed by atoms with Crippen molar-refractivity contribution in [1.29, 1.82) is 0 Å². The number of nitrogens with two attached hydrogens (primary N) is 1. The predicted molar refractivity (Wildman–Crippen MR) is 78.7 cm³/mol. The molecule has 0 aliphatic carbocycles. The molecule has 0 amide bonds. The number of nitrogen functional groups attached to an aromatic ring is 1. The normalized spacial score (nSPS) is 11.6. The maximum atomic E-state index is 11.9. The molecule has 0 spiro atoms. The molecule has 3 N–H and O–H groups in total. The van der Waals surface area contributed by atoms with Crippen LogP contribution in [0.25, 0.3) is 0 Å². The second-order valence-electron chi connectivity index (χ2n) is 4.19. The van der Waals surface area contributed by atoms with Gasteiger partial charge in [0.05, 0.1) is 0 Å². The topological polar surface area (TPSA) is 72.2 Å². The standard InChI is InChI=1S/C13H16N2O2S2/c14-12-9-13(18-10-12)19(16,17)15-8-4-7-11-5-2-1-3-6-11/h1-3,5-6,9-10,15H,4,7-8,14H2. The fourth-order valence-electron chi connectivity index (χ4n) is 1.69. The summed E-state index contributed by atoms with van der Waals surface area (Å²) in [7, 11) is -3.41. The van der Waals surface area contributed by atoms with Crippen LogP contribution in [0.15, 0.2) is 46.0 Å². The summed E-state index contributed by atoms with van der Waals surface area (Å²) in [5.74, 6) is 0. The number of anilines is 1. The van der Waals surface area contributed by atoms with Crippen LogP contribution in [0.3, 0.4) is 0 Å². The van der Waals surface area contributed by atoms with Crippen LogP contribution in [-0.2, 0) is 16.4 Å². The van der Waals surface area contributed by atoms with E-state index in [9.17, 15) is 8.42 Å². The van der Waals surface area contributed by atoms with Crippen molar-refractivity contribution in [3.05, 3.63) is 47.3 Å². The zero-order valence-corrected chi connectivity index (χ0v) is 12.0. The second-order valence-corrected chi connectivity index (χ2v) is 7.09. The van der Waals surface area contributed by atoms with E-state index in [1.165, 1.54) is 11.6 Å². The Hall–Kier alpha value is -1.37. The molecule has 0 aliphatic heterocycles. The third kappa shape index (κ3) is 4.05. The summed E-state index contributed by atoms with van der Waals surface area (Å²) in [6.45, 7) is 0.426. The molecule has 1 aromatic heterocycles. The highest BCUT2D eigenvalue weighted by Crippen LogP contribution is 2.21. The van der Waals surface area contributed by atoms with Crippen molar-refractivity contribution in [1.82, 2.24) is 4.72 Å². The molecule has 0 fully saturated rings. The fourth-order valence-corrected chi connectivity index (χ4v) is 3.88. The number of nitrogens with one attached hydrogen (secondary N) is 1. The Morgan fingerprint density at radius 3 is 2.58 bits per heavy atom. The zero-order valence-electron chi connectivity index (χ0n) is 10.4. The van der Waals surface area contributed by atoms with Crippen LogP contribution in [0.5, 0.6) is 0 Å². The number of thiophene rings is 1. The Morgan fingerprint density at radius 1 is 1.21 bits per heavy atom. The van der Waals surface area contributed by atoms with Crippen LogP contribution < -0.4 is 10.5 Å². The first kappa shape index (κ1) is 14.0. The van der Waals surface area contributed by atoms with Crippen LogP contribution in [0.1, 0.15) is 12.0 Å². The third-order valence-corrected chi connectivity index (χ3v) is 5.56. The molecule has 0 saturated heterocycles. The summed E-state index contributed by atoms with van der Waals surface area (Å²) >= 11 is 1.14. The molecule has 102 valence electrons. The summed E-state index contributed by atoms with van der Waals surface area (Å²) in [6, 6.07) is 11.5. The van der Waals surface area contributed by atoms with Gasteiger partial charge >= 0.3 is 0 Å². The highest BCUT2D eigenvalue weighted by atomic mass is 32.2. The second kappa shape index (κ2) is 6.18. The zero-order chi connectivity index (χ0) is 13.7. The molecule has 0 aliphatic rings. The minimum absolute atomic E-state index is 0.268. The van der Waals surface area contributed by atoms with Gasteiger partial charge in [0.2, 0.25) is 10.0 Å². The highest BCUT2D eigenvalue weighted by molar-refractivity contribution is 7.91. The Bertz CT molecular complexity index is 621. The smallest absolute Gasteiger partial charge is 0.250 e. The molecule has 0 unspecified atom stereocenters. The number of rotatable bonds is 6. The van der Waals surface area contributed by atoms with Gasteiger partial charge in [0.25, 0.3) is 0 Å². The van der Waals surface area contributed by atoms with Crippen LogP contribution >= 0.6 is 11.3 Å². The van der Waals surface area contributed by atoms with E-state index >= 15 is 0 Å². The van der Waals surface area contributed by atoms with E-state index < -0.39 is 10.0 Å². The summed E-state index contributed by atoms with van der Waals surface area (Å²) in [6.07, 6.45) is 1.63. The molecule has 1 aromatic carbocycles. The van der Waals surface area contributed by atoms with Gasteiger partial charge in [-0.05, 0) is 24.5 Å². The quantitative estimate of drug-likeness (QED) is 0.803. The van der Waals surface area contributed by atoms with Crippen LogP contribution in [0.4, 0.5) is 5.69 Å². The number of hydrogen-bond donors (Lipinski definition) is 2. The van der Waals surface area contributed by atoms with E-state index in [4.69, 9.17) is 5.73 Å². The van der Waals surface area contributed by atoms with Crippen molar-refractivity contribution in [3.63, 3.8) is 0 Å². The monoisotopic (exact) mass is 296 g/mol. The van der Waals surface area contributed by atoms with E-state index in [0.29, 0.717) is 12.2 Å². The lowest BCUT2D eigenvalue weighted by Gasteiger charge is -2.04. The van der Waals surface area contributed by atoms with E-state index in [1.54, 1.807) is 5.38 Å². The Balaban J connectivity index is 1.83. The van der Waals surface area contributed by atoms with Crippen molar-refractivity contribution in [2.75, 3.05) is 12.3 Å². The van der Waals surface area contributed by atoms with Gasteiger partial charge in [-0.25, -0.2) is 13.1 Å². The largest absolute Gasteiger partial charge is 0.398 e. The maximum Gasteiger partial charge on any atom is 0.250 e. The van der Waals surface area contributed by atoms with Crippen molar-refractivity contribution >= 4 is 27.0 Å². The molecule has 0 radical (unpaired) electrons. The molecule has 1 heterocycles. The van der Waals surface area contributed by atoms with Gasteiger partial charge in [0, 0.05) is 17.6 Å². The van der Waals surface area contributed by atoms with Gasteiger partial charge in [-0.3, -0.25) is 0 Å². The lowest BCUT2D eigenvalue weighted by molar-refractivity contribution is 0.581. The first-order valence-corrected chi connectivity index (χ1v) is 8.32. The molecule has 2 rings (SSSR count). The summed E-state index contributed by atoms with van der Waals surface area (Å²) in [5, 5.41) is 1.62. The summed E-state index contributed by atoms with van der Waals surface area (Å²) in [4.78, 5) is 0. The van der Waals surface area contributed by atoms with Gasteiger partial charge in [-0.2, -0.15) is 0 Å². The van der Waals surface area contributed by atoms with Crippen molar-refractivity contribution in [2.24, 2.45) is 0 Å². The van der Waals surface area contributed by atoms with Crippen LogP contribution in [-0.4, -0.2) is 15.0 Å². The van der Waals surface area contributed by atoms with Gasteiger partial charge in [0.15, 0.2) is 0 Å². The van der Waals surface area contributed by atoms with Gasteiger partial charge < -0.3 is 5.73 Å². The number of hydrogen-bond acceptors (Lipinski definition) is 4. The van der Waals surface area contributed by atoms with Gasteiger partial charge in [0.1, 0.15) is 4.21 Å². The minimum atomic E-state index is -3.41. The predicted octanol–water partition coefficient (Wildman–Crippen LogP) is 2.24. The van der Waals surface area contributed by atoms with E-state index in [1.807, 2.05) is 30.3 Å². The molecule has 0 saturated carbocycles. The van der Waals surface area contributed by atoms with E-state index in [0.717, 1.165) is 24.2 Å². The lowest BCUT2D eigenvalue weighted by Crippen LogP contribution is -2.24. The fraction of sp³-hybridized carbons (Fsp3) is 0.231. The number of benzene rings is 1. The van der Waals surface area contributed by atoms with E-state index in [-0.39, 0.29) is 4.21 Å². The minimum Gasteiger partial charge on any atom is -0.398 e. The van der Waals surface area contributed by atoms with Gasteiger partial charge in [-0.1, -0.05) is 30.3 Å². The maximum absolute atomic E-state index is 11.9. The molecule has 0 atom stereocenters. The van der Waals surface area contributed by atoms with E-state index in [2.05, 4.69) is 4.72 Å². The first-order valence-electron chi connectivity index (χ1n) is 5.95. The van der Waals surface area contributed by atoms with Gasteiger partial charge in [-0.15, -0.1) is 11.3 Å².